The van der Waals surface area contributed by atoms with Crippen LogP contribution < -0.4 is 10.5 Å². The minimum atomic E-state index is -1.05. The molecule has 0 bridgehead atoms. The van der Waals surface area contributed by atoms with Crippen molar-refractivity contribution in [2.45, 2.75) is 25.5 Å². The highest BCUT2D eigenvalue weighted by Gasteiger charge is 2.24. The van der Waals surface area contributed by atoms with E-state index in [1.807, 2.05) is 55.5 Å². The Morgan fingerprint density at radius 2 is 1.90 bits per heavy atom. The summed E-state index contributed by atoms with van der Waals surface area (Å²) >= 11 is 3.43. The lowest BCUT2D eigenvalue weighted by atomic mass is 9.97. The molecule has 0 fully saturated rings. The Bertz CT molecular complexity index is 597. The molecule has 2 aromatic carbocycles. The lowest BCUT2D eigenvalue weighted by molar-refractivity contribution is 0.00721. The monoisotopic (exact) mass is 349 g/mol. The molecule has 3 N–H and O–H groups in total. The maximum Gasteiger partial charge on any atom is 0.124 e. The third kappa shape index (κ3) is 4.06. The van der Waals surface area contributed by atoms with E-state index in [9.17, 15) is 5.11 Å². The molecule has 0 aromatic heterocycles. The van der Waals surface area contributed by atoms with Crippen molar-refractivity contribution in [3.05, 3.63) is 64.1 Å². The zero-order chi connectivity index (χ0) is 15.5. The van der Waals surface area contributed by atoms with E-state index in [1.54, 1.807) is 6.92 Å². The van der Waals surface area contributed by atoms with E-state index in [-0.39, 0.29) is 12.6 Å². The Balaban J connectivity index is 2.16. The van der Waals surface area contributed by atoms with Crippen molar-refractivity contribution in [3.63, 3.8) is 0 Å². The Labute approximate surface area is 133 Å². The molecule has 0 amide bonds. The van der Waals surface area contributed by atoms with Gasteiger partial charge in [-0.3, -0.25) is 0 Å². The molecule has 0 aliphatic heterocycles. The second kappa shape index (κ2) is 6.60. The van der Waals surface area contributed by atoms with Gasteiger partial charge in [-0.1, -0.05) is 46.3 Å². The van der Waals surface area contributed by atoms with Crippen LogP contribution in [0.15, 0.2) is 53.0 Å². The van der Waals surface area contributed by atoms with Crippen LogP contribution >= 0.6 is 15.9 Å². The van der Waals surface area contributed by atoms with Crippen molar-refractivity contribution in [2.24, 2.45) is 5.73 Å². The van der Waals surface area contributed by atoms with E-state index >= 15 is 0 Å². The standard InChI is InChI=1S/C17H20BrNO2/c1-12(19)15-10-14(18)8-9-16(15)21-11-17(2,20)13-6-4-3-5-7-13/h3-10,12,20H,11,19H2,1-2H3/t12-,17?/m0/s1. The number of rotatable bonds is 5. The predicted octanol–water partition coefficient (Wildman–Crippen LogP) is 3.76. The van der Waals surface area contributed by atoms with Gasteiger partial charge in [-0.25, -0.2) is 0 Å². The van der Waals surface area contributed by atoms with Gasteiger partial charge in [0.25, 0.3) is 0 Å². The maximum absolute atomic E-state index is 10.6. The second-order valence-electron chi connectivity index (χ2n) is 5.40. The third-order valence-corrected chi connectivity index (χ3v) is 3.86. The molecule has 2 aromatic rings. The summed E-state index contributed by atoms with van der Waals surface area (Å²) in [5.41, 5.74) is 6.65. The summed E-state index contributed by atoms with van der Waals surface area (Å²) in [6.45, 7) is 3.81. The first-order chi connectivity index (χ1) is 9.90. The summed E-state index contributed by atoms with van der Waals surface area (Å²) in [6, 6.07) is 15.1. The fraction of sp³-hybridized carbons (Fsp3) is 0.294. The first-order valence-electron chi connectivity index (χ1n) is 6.86. The van der Waals surface area contributed by atoms with E-state index < -0.39 is 5.60 Å². The molecule has 1 unspecified atom stereocenters. The van der Waals surface area contributed by atoms with Crippen LogP contribution in [0.25, 0.3) is 0 Å². The minimum Gasteiger partial charge on any atom is -0.490 e. The van der Waals surface area contributed by atoms with Crippen LogP contribution in [0.3, 0.4) is 0 Å². The van der Waals surface area contributed by atoms with Crippen molar-refractivity contribution >= 4 is 15.9 Å². The zero-order valence-electron chi connectivity index (χ0n) is 12.2. The van der Waals surface area contributed by atoms with E-state index in [2.05, 4.69) is 15.9 Å². The van der Waals surface area contributed by atoms with Crippen molar-refractivity contribution in [3.8, 4) is 5.75 Å². The molecule has 0 saturated heterocycles. The quantitative estimate of drug-likeness (QED) is 0.863. The predicted molar refractivity (Wildman–Crippen MR) is 88.3 cm³/mol. The summed E-state index contributed by atoms with van der Waals surface area (Å²) in [5.74, 6) is 0.699. The van der Waals surface area contributed by atoms with Gasteiger partial charge in [0.15, 0.2) is 0 Å². The average Bonchev–Trinajstić information content (AvgIpc) is 2.47. The van der Waals surface area contributed by atoms with Crippen molar-refractivity contribution in [2.75, 3.05) is 6.61 Å². The van der Waals surface area contributed by atoms with Crippen LogP contribution in [0, 0.1) is 0 Å². The highest BCUT2D eigenvalue weighted by atomic mass is 79.9. The van der Waals surface area contributed by atoms with Crippen LogP contribution in [-0.4, -0.2) is 11.7 Å². The SMILES string of the molecule is C[C@H](N)c1cc(Br)ccc1OCC(C)(O)c1ccccc1. The maximum atomic E-state index is 10.6. The fourth-order valence-electron chi connectivity index (χ4n) is 2.11. The molecular weight excluding hydrogens is 330 g/mol. The summed E-state index contributed by atoms with van der Waals surface area (Å²) in [5, 5.41) is 10.6. The number of nitrogens with two attached hydrogens (primary N) is 1. The Hall–Kier alpha value is -1.36. The van der Waals surface area contributed by atoms with Crippen LogP contribution in [0.1, 0.15) is 31.0 Å². The number of ether oxygens (including phenoxy) is 1. The van der Waals surface area contributed by atoms with E-state index in [0.717, 1.165) is 15.6 Å². The van der Waals surface area contributed by atoms with Crippen LogP contribution in [-0.2, 0) is 5.60 Å². The van der Waals surface area contributed by atoms with E-state index in [1.165, 1.54) is 0 Å². The summed E-state index contributed by atoms with van der Waals surface area (Å²) in [7, 11) is 0. The summed E-state index contributed by atoms with van der Waals surface area (Å²) in [6.07, 6.45) is 0. The van der Waals surface area contributed by atoms with E-state index in [0.29, 0.717) is 5.75 Å². The highest BCUT2D eigenvalue weighted by Crippen LogP contribution is 2.29. The number of aliphatic hydroxyl groups is 1. The molecule has 4 heteroatoms. The minimum absolute atomic E-state index is 0.140. The van der Waals surface area contributed by atoms with Crippen molar-refractivity contribution in [1.82, 2.24) is 0 Å². The van der Waals surface area contributed by atoms with E-state index in [4.69, 9.17) is 10.5 Å². The number of benzene rings is 2. The third-order valence-electron chi connectivity index (χ3n) is 3.37. The lowest BCUT2D eigenvalue weighted by Crippen LogP contribution is -2.29. The summed E-state index contributed by atoms with van der Waals surface area (Å²) < 4.78 is 6.78. The number of hydrogen-bond acceptors (Lipinski definition) is 3. The van der Waals surface area contributed by atoms with Gasteiger partial charge in [-0.05, 0) is 37.6 Å². The largest absolute Gasteiger partial charge is 0.490 e. The molecular formula is C17H20BrNO2. The zero-order valence-corrected chi connectivity index (χ0v) is 13.8. The van der Waals surface area contributed by atoms with Crippen molar-refractivity contribution < 1.29 is 9.84 Å². The highest BCUT2D eigenvalue weighted by molar-refractivity contribution is 9.10. The average molecular weight is 350 g/mol. The molecule has 112 valence electrons. The van der Waals surface area contributed by atoms with Gasteiger partial charge in [-0.15, -0.1) is 0 Å². The lowest BCUT2D eigenvalue weighted by Gasteiger charge is -2.25. The molecule has 21 heavy (non-hydrogen) atoms. The topological polar surface area (TPSA) is 55.5 Å². The molecule has 2 atom stereocenters. The normalized spacial score (nSPS) is 15.3. The van der Waals surface area contributed by atoms with Gasteiger partial charge in [-0.2, -0.15) is 0 Å². The first kappa shape index (κ1) is 16.0. The van der Waals surface area contributed by atoms with Gasteiger partial charge in [0.05, 0.1) is 0 Å². The van der Waals surface area contributed by atoms with Crippen LogP contribution in [0.2, 0.25) is 0 Å². The fourth-order valence-corrected chi connectivity index (χ4v) is 2.48. The molecule has 3 nitrogen and oxygen atoms in total. The van der Waals surface area contributed by atoms with Gasteiger partial charge in [0.2, 0.25) is 0 Å². The molecule has 0 spiro atoms. The Kier molecular flexibility index (Phi) is 5.04. The van der Waals surface area contributed by atoms with Gasteiger partial charge < -0.3 is 15.6 Å². The molecule has 0 saturated carbocycles. The summed E-state index contributed by atoms with van der Waals surface area (Å²) in [4.78, 5) is 0. The second-order valence-corrected chi connectivity index (χ2v) is 6.32. The number of hydrogen-bond donors (Lipinski definition) is 2. The van der Waals surface area contributed by atoms with Gasteiger partial charge in [0, 0.05) is 16.1 Å². The molecule has 0 aliphatic carbocycles. The van der Waals surface area contributed by atoms with Crippen LogP contribution in [0.4, 0.5) is 0 Å². The number of halogens is 1. The molecule has 2 rings (SSSR count). The molecule has 0 radical (unpaired) electrons. The van der Waals surface area contributed by atoms with Gasteiger partial charge in [0.1, 0.15) is 18.0 Å². The van der Waals surface area contributed by atoms with Gasteiger partial charge >= 0.3 is 0 Å². The Morgan fingerprint density at radius 3 is 2.52 bits per heavy atom. The van der Waals surface area contributed by atoms with Crippen LogP contribution in [0.5, 0.6) is 5.75 Å². The smallest absolute Gasteiger partial charge is 0.124 e. The van der Waals surface area contributed by atoms with Crippen molar-refractivity contribution in [1.29, 1.82) is 0 Å². The molecule has 0 heterocycles. The first-order valence-corrected chi connectivity index (χ1v) is 7.65. The molecule has 0 aliphatic rings. The Morgan fingerprint density at radius 1 is 1.24 bits per heavy atom.